The van der Waals surface area contributed by atoms with E-state index >= 15 is 0 Å². The second-order valence-electron chi connectivity index (χ2n) is 6.33. The quantitative estimate of drug-likeness (QED) is 0.480. The van der Waals surface area contributed by atoms with Crippen molar-refractivity contribution in [2.45, 2.75) is 19.4 Å². The molecule has 1 fully saturated rings. The summed E-state index contributed by atoms with van der Waals surface area (Å²) < 4.78 is 1.86. The van der Waals surface area contributed by atoms with Gasteiger partial charge in [-0.25, -0.2) is 0 Å². The van der Waals surface area contributed by atoms with E-state index in [1.54, 1.807) is 4.90 Å². The average molecular weight is 479 g/mol. The highest BCUT2D eigenvalue weighted by Gasteiger charge is 2.49. The summed E-state index contributed by atoms with van der Waals surface area (Å²) in [6, 6.07) is 14.7. The van der Waals surface area contributed by atoms with Gasteiger partial charge in [0.2, 0.25) is 5.78 Å². The summed E-state index contributed by atoms with van der Waals surface area (Å²) in [6.07, 6.45) is 0.607. The minimum absolute atomic E-state index is 0.277. The molecule has 6 heteroatoms. The zero-order valence-electron chi connectivity index (χ0n) is 14.1. The van der Waals surface area contributed by atoms with Gasteiger partial charge in [-0.2, -0.15) is 0 Å². The third kappa shape index (κ3) is 3.81. The normalized spacial score (nSPS) is 19.9. The molecule has 1 heterocycles. The zero-order valence-corrected chi connectivity index (χ0v) is 17.3. The third-order valence-electron chi connectivity index (χ3n) is 4.59. The summed E-state index contributed by atoms with van der Waals surface area (Å²) in [5.41, 5.74) is 1.85. The molecule has 3 rings (SSSR count). The number of rotatable bonds is 5. The molecule has 134 valence electrons. The molecule has 0 N–H and O–H groups in total. The lowest BCUT2D eigenvalue weighted by Gasteiger charge is -2.27. The molecule has 0 aliphatic carbocycles. The molecular formula is C20H17Br2NO3. The smallest absolute Gasteiger partial charge is 0.291 e. The number of likely N-dealkylation sites (tertiary alicyclic amines) is 1. The van der Waals surface area contributed by atoms with Gasteiger partial charge in [0, 0.05) is 15.5 Å². The molecule has 0 saturated carbocycles. The molecule has 2 atom stereocenters. The van der Waals surface area contributed by atoms with Crippen LogP contribution in [-0.4, -0.2) is 28.9 Å². The third-order valence-corrected chi connectivity index (χ3v) is 5.61. The Morgan fingerprint density at radius 1 is 1.04 bits per heavy atom. The van der Waals surface area contributed by atoms with E-state index in [0.717, 1.165) is 20.1 Å². The number of Topliss-reactive ketones (excluding diaryl/α,β-unsaturated/α-hetero) is 2. The second kappa shape index (κ2) is 7.84. The van der Waals surface area contributed by atoms with E-state index < -0.39 is 23.7 Å². The molecule has 0 radical (unpaired) electrons. The molecule has 0 spiro atoms. The van der Waals surface area contributed by atoms with Crippen molar-refractivity contribution in [2.24, 2.45) is 5.92 Å². The summed E-state index contributed by atoms with van der Waals surface area (Å²) in [7, 11) is 0. The first kappa shape index (κ1) is 19.0. The van der Waals surface area contributed by atoms with Crippen LogP contribution in [-0.2, 0) is 20.8 Å². The molecule has 1 amide bonds. The van der Waals surface area contributed by atoms with E-state index in [0.29, 0.717) is 13.0 Å². The maximum Gasteiger partial charge on any atom is 0.291 e. The molecule has 0 aromatic heterocycles. The van der Waals surface area contributed by atoms with E-state index in [2.05, 4.69) is 31.9 Å². The Morgan fingerprint density at radius 3 is 2.35 bits per heavy atom. The molecule has 2 aromatic rings. The van der Waals surface area contributed by atoms with Crippen molar-refractivity contribution in [3.63, 3.8) is 0 Å². The van der Waals surface area contributed by atoms with Crippen LogP contribution >= 0.6 is 31.9 Å². The lowest BCUT2D eigenvalue weighted by Crippen LogP contribution is -2.32. The van der Waals surface area contributed by atoms with Crippen LogP contribution in [0.3, 0.4) is 0 Å². The van der Waals surface area contributed by atoms with Crippen LogP contribution in [0.2, 0.25) is 0 Å². The predicted octanol–water partition coefficient (Wildman–Crippen LogP) is 4.11. The Bertz CT molecular complexity index is 864. The highest BCUT2D eigenvalue weighted by molar-refractivity contribution is 9.10. The van der Waals surface area contributed by atoms with Gasteiger partial charge < -0.3 is 4.90 Å². The maximum atomic E-state index is 12.6. The summed E-state index contributed by atoms with van der Waals surface area (Å²) in [6.45, 7) is 1.76. The summed E-state index contributed by atoms with van der Waals surface area (Å²) in [5, 5.41) is 0. The van der Waals surface area contributed by atoms with Gasteiger partial charge in [-0.3, -0.25) is 14.4 Å². The molecule has 2 aromatic carbocycles. The van der Waals surface area contributed by atoms with Gasteiger partial charge in [0.05, 0.1) is 6.04 Å². The van der Waals surface area contributed by atoms with Crippen LogP contribution in [0.1, 0.15) is 24.1 Å². The van der Waals surface area contributed by atoms with Crippen LogP contribution in [0.15, 0.2) is 57.5 Å². The fraction of sp³-hybridized carbons (Fsp3) is 0.250. The first-order valence-corrected chi connectivity index (χ1v) is 9.82. The number of hydrogen-bond acceptors (Lipinski definition) is 3. The standard InChI is InChI=1S/C20H17Br2NO3/c1-12(24)17-18(14-5-7-15(21)8-6-14)23(20(26)19(17)25)10-9-13-3-2-4-16(22)11-13/h2-8,11,17-18H,9-10H2,1H3. The van der Waals surface area contributed by atoms with Crippen molar-refractivity contribution in [3.8, 4) is 0 Å². The zero-order chi connectivity index (χ0) is 18.8. The number of carbonyl (C=O) groups excluding carboxylic acids is 3. The Hall–Kier alpha value is -1.79. The molecule has 1 saturated heterocycles. The van der Waals surface area contributed by atoms with Gasteiger partial charge in [-0.15, -0.1) is 0 Å². The van der Waals surface area contributed by atoms with Crippen molar-refractivity contribution in [3.05, 3.63) is 68.6 Å². The van der Waals surface area contributed by atoms with Crippen LogP contribution in [0.5, 0.6) is 0 Å². The van der Waals surface area contributed by atoms with Crippen LogP contribution in [0.4, 0.5) is 0 Å². The molecule has 0 bridgehead atoms. The first-order valence-electron chi connectivity index (χ1n) is 8.23. The van der Waals surface area contributed by atoms with Crippen LogP contribution < -0.4 is 0 Å². The molecule has 1 aliphatic heterocycles. The Morgan fingerprint density at radius 2 is 1.73 bits per heavy atom. The second-order valence-corrected chi connectivity index (χ2v) is 8.16. The van der Waals surface area contributed by atoms with Crippen molar-refractivity contribution in [1.82, 2.24) is 4.90 Å². The number of carbonyl (C=O) groups is 3. The van der Waals surface area contributed by atoms with Crippen molar-refractivity contribution in [2.75, 3.05) is 6.54 Å². The fourth-order valence-corrected chi connectivity index (χ4v) is 4.06. The Kier molecular flexibility index (Phi) is 5.73. The summed E-state index contributed by atoms with van der Waals surface area (Å²) in [5.74, 6) is -2.40. The van der Waals surface area contributed by atoms with Gasteiger partial charge in [0.25, 0.3) is 5.91 Å². The van der Waals surface area contributed by atoms with Crippen LogP contribution in [0.25, 0.3) is 0 Å². The van der Waals surface area contributed by atoms with Gasteiger partial charge in [0.15, 0.2) is 0 Å². The fourth-order valence-electron chi connectivity index (χ4n) is 3.35. The van der Waals surface area contributed by atoms with E-state index in [9.17, 15) is 14.4 Å². The number of benzene rings is 2. The molecule has 2 unspecified atom stereocenters. The minimum Gasteiger partial charge on any atom is -0.328 e. The number of hydrogen-bond donors (Lipinski definition) is 0. The van der Waals surface area contributed by atoms with Crippen molar-refractivity contribution < 1.29 is 14.4 Å². The topological polar surface area (TPSA) is 54.5 Å². The van der Waals surface area contributed by atoms with E-state index in [1.807, 2.05) is 48.5 Å². The lowest BCUT2D eigenvalue weighted by molar-refractivity contribution is -0.142. The van der Waals surface area contributed by atoms with Gasteiger partial charge in [-0.1, -0.05) is 56.1 Å². The van der Waals surface area contributed by atoms with E-state index in [1.165, 1.54) is 6.92 Å². The molecular weight excluding hydrogens is 462 g/mol. The summed E-state index contributed by atoms with van der Waals surface area (Å²) in [4.78, 5) is 38.7. The SMILES string of the molecule is CC(=O)C1C(=O)C(=O)N(CCc2cccc(Br)c2)C1c1ccc(Br)cc1. The lowest BCUT2D eigenvalue weighted by atomic mass is 9.90. The average Bonchev–Trinajstić information content (AvgIpc) is 2.85. The molecule has 4 nitrogen and oxygen atoms in total. The largest absolute Gasteiger partial charge is 0.328 e. The maximum absolute atomic E-state index is 12.6. The summed E-state index contributed by atoms with van der Waals surface area (Å²) >= 11 is 6.82. The highest BCUT2D eigenvalue weighted by atomic mass is 79.9. The van der Waals surface area contributed by atoms with E-state index in [-0.39, 0.29) is 5.78 Å². The minimum atomic E-state index is -0.939. The first-order chi connectivity index (χ1) is 12.4. The van der Waals surface area contributed by atoms with Crippen molar-refractivity contribution >= 4 is 49.3 Å². The number of amides is 1. The monoisotopic (exact) mass is 477 g/mol. The predicted molar refractivity (Wildman–Crippen MR) is 106 cm³/mol. The van der Waals surface area contributed by atoms with Crippen LogP contribution in [0, 0.1) is 5.92 Å². The van der Waals surface area contributed by atoms with E-state index in [4.69, 9.17) is 0 Å². The number of ketones is 2. The highest BCUT2D eigenvalue weighted by Crippen LogP contribution is 2.37. The number of halogens is 2. The van der Waals surface area contributed by atoms with Gasteiger partial charge >= 0.3 is 0 Å². The molecule has 1 aliphatic rings. The Balaban J connectivity index is 1.91. The van der Waals surface area contributed by atoms with Crippen molar-refractivity contribution in [1.29, 1.82) is 0 Å². The van der Waals surface area contributed by atoms with Gasteiger partial charge in [0.1, 0.15) is 11.7 Å². The van der Waals surface area contributed by atoms with Gasteiger partial charge in [-0.05, 0) is 48.7 Å². The molecule has 26 heavy (non-hydrogen) atoms. The Labute approximate surface area is 168 Å². The number of nitrogens with zero attached hydrogens (tertiary/aromatic N) is 1.